The highest BCUT2D eigenvalue weighted by molar-refractivity contribution is 7.10. The first kappa shape index (κ1) is 13.4. The number of rotatable bonds is 5. The van der Waals surface area contributed by atoms with E-state index in [9.17, 15) is 4.79 Å². The van der Waals surface area contributed by atoms with Crippen LogP contribution in [0.2, 0.25) is 0 Å². The van der Waals surface area contributed by atoms with Crippen molar-refractivity contribution in [2.75, 3.05) is 17.2 Å². The molecule has 2 aromatic heterocycles. The second-order valence-electron chi connectivity index (χ2n) is 4.05. The van der Waals surface area contributed by atoms with E-state index >= 15 is 0 Å². The van der Waals surface area contributed by atoms with Gasteiger partial charge < -0.3 is 10.6 Å². The van der Waals surface area contributed by atoms with Crippen molar-refractivity contribution >= 4 is 28.3 Å². The van der Waals surface area contributed by atoms with Crippen LogP contribution >= 0.6 is 11.5 Å². The van der Waals surface area contributed by atoms with Crippen LogP contribution in [0, 0.1) is 6.92 Å². The molecule has 0 aliphatic carbocycles. The number of aromatic nitrogens is 3. The highest BCUT2D eigenvalue weighted by Crippen LogP contribution is 2.14. The summed E-state index contributed by atoms with van der Waals surface area (Å²) in [7, 11) is 0. The second-order valence-corrected chi connectivity index (χ2v) is 4.83. The van der Waals surface area contributed by atoms with Crippen molar-refractivity contribution in [3.8, 4) is 0 Å². The molecule has 0 unspecified atom stereocenters. The number of aryl methyl sites for hydroxylation is 1. The van der Waals surface area contributed by atoms with E-state index in [0.717, 1.165) is 36.0 Å². The highest BCUT2D eigenvalue weighted by Gasteiger charge is 2.10. The van der Waals surface area contributed by atoms with Crippen molar-refractivity contribution in [3.05, 3.63) is 29.6 Å². The van der Waals surface area contributed by atoms with Crippen LogP contribution in [-0.4, -0.2) is 27.0 Å². The van der Waals surface area contributed by atoms with E-state index in [1.54, 1.807) is 12.1 Å². The molecular formula is C12H15N5OS. The molecule has 2 rings (SSSR count). The topological polar surface area (TPSA) is 79.8 Å². The lowest BCUT2D eigenvalue weighted by molar-refractivity contribution is 0.102. The van der Waals surface area contributed by atoms with Crippen LogP contribution < -0.4 is 10.6 Å². The van der Waals surface area contributed by atoms with Crippen LogP contribution in [0.15, 0.2) is 18.3 Å². The first-order valence-electron chi connectivity index (χ1n) is 6.00. The van der Waals surface area contributed by atoms with Gasteiger partial charge in [-0.05, 0) is 25.5 Å². The van der Waals surface area contributed by atoms with Crippen LogP contribution in [0.4, 0.5) is 10.8 Å². The summed E-state index contributed by atoms with van der Waals surface area (Å²) in [5.41, 5.74) is 1.37. The molecule has 6 nitrogen and oxygen atoms in total. The minimum Gasteiger partial charge on any atom is -0.370 e. The first-order valence-corrected chi connectivity index (χ1v) is 6.77. The molecule has 0 aliphatic heterocycles. The Morgan fingerprint density at radius 3 is 2.95 bits per heavy atom. The Morgan fingerprint density at radius 1 is 1.42 bits per heavy atom. The van der Waals surface area contributed by atoms with Gasteiger partial charge in [0.05, 0.1) is 6.20 Å². The summed E-state index contributed by atoms with van der Waals surface area (Å²) < 4.78 is 3.70. The number of hydrogen-bond acceptors (Lipinski definition) is 6. The Balaban J connectivity index is 2.14. The van der Waals surface area contributed by atoms with Gasteiger partial charge >= 0.3 is 0 Å². The van der Waals surface area contributed by atoms with Gasteiger partial charge in [-0.2, -0.15) is 0 Å². The monoisotopic (exact) mass is 277 g/mol. The lowest BCUT2D eigenvalue weighted by atomic mass is 10.2. The second kappa shape index (κ2) is 6.24. The zero-order valence-electron chi connectivity index (χ0n) is 10.8. The number of carbonyl (C=O) groups is 1. The summed E-state index contributed by atoms with van der Waals surface area (Å²) in [4.78, 5) is 16.4. The molecule has 0 radical (unpaired) electrons. The van der Waals surface area contributed by atoms with Crippen molar-refractivity contribution in [2.24, 2.45) is 0 Å². The number of amides is 1. The molecule has 7 heteroatoms. The maximum absolute atomic E-state index is 12.1. The number of nitrogens with one attached hydrogen (secondary N) is 2. The molecule has 0 aromatic carbocycles. The van der Waals surface area contributed by atoms with Crippen LogP contribution in [0.25, 0.3) is 0 Å². The molecule has 0 saturated heterocycles. The predicted octanol–water partition coefficient (Wildman–Crippen LogP) is 2.32. The van der Waals surface area contributed by atoms with Gasteiger partial charge in [0.2, 0.25) is 0 Å². The minimum absolute atomic E-state index is 0.184. The quantitative estimate of drug-likeness (QED) is 0.876. The largest absolute Gasteiger partial charge is 0.370 e. The molecule has 0 spiro atoms. The molecule has 1 amide bonds. The average molecular weight is 277 g/mol. The third-order valence-corrected chi connectivity index (χ3v) is 2.95. The third kappa shape index (κ3) is 3.72. The maximum atomic E-state index is 12.1. The standard InChI is InChI=1S/C12H15N5OS/c1-3-4-13-10-6-9(5-8(2)15-10)12(18)16-11-7-14-17-19-11/h5-7H,3-4H2,1-2H3,(H,13,15)(H,16,18). The number of pyridine rings is 1. The van der Waals surface area contributed by atoms with Crippen LogP contribution in [0.1, 0.15) is 29.4 Å². The van der Waals surface area contributed by atoms with E-state index in [0.29, 0.717) is 10.6 Å². The van der Waals surface area contributed by atoms with E-state index in [1.165, 1.54) is 6.20 Å². The van der Waals surface area contributed by atoms with Gasteiger partial charge in [-0.1, -0.05) is 11.4 Å². The van der Waals surface area contributed by atoms with Gasteiger partial charge in [-0.25, -0.2) is 4.98 Å². The average Bonchev–Trinajstić information content (AvgIpc) is 2.88. The summed E-state index contributed by atoms with van der Waals surface area (Å²) in [5.74, 6) is 0.533. The van der Waals surface area contributed by atoms with Crippen molar-refractivity contribution in [3.63, 3.8) is 0 Å². The maximum Gasteiger partial charge on any atom is 0.256 e. The molecule has 0 fully saturated rings. The predicted molar refractivity (Wildman–Crippen MR) is 75.6 cm³/mol. The van der Waals surface area contributed by atoms with Gasteiger partial charge in [-0.3, -0.25) is 4.79 Å². The Labute approximate surface area is 115 Å². The van der Waals surface area contributed by atoms with Crippen molar-refractivity contribution < 1.29 is 4.79 Å². The summed E-state index contributed by atoms with van der Waals surface area (Å²) in [6, 6.07) is 3.49. The smallest absolute Gasteiger partial charge is 0.256 e. The molecule has 2 aromatic rings. The van der Waals surface area contributed by atoms with Gasteiger partial charge in [0.1, 0.15) is 10.8 Å². The fourth-order valence-electron chi connectivity index (χ4n) is 1.55. The van der Waals surface area contributed by atoms with Crippen LogP contribution in [0.5, 0.6) is 0 Å². The minimum atomic E-state index is -0.184. The number of anilines is 2. The van der Waals surface area contributed by atoms with Crippen molar-refractivity contribution in [2.45, 2.75) is 20.3 Å². The van der Waals surface area contributed by atoms with Crippen LogP contribution in [0.3, 0.4) is 0 Å². The normalized spacial score (nSPS) is 10.2. The lowest BCUT2D eigenvalue weighted by Gasteiger charge is -2.08. The fourth-order valence-corrected chi connectivity index (χ4v) is 1.96. The van der Waals surface area contributed by atoms with E-state index in [2.05, 4.69) is 32.1 Å². The van der Waals surface area contributed by atoms with E-state index in [-0.39, 0.29) is 5.91 Å². The number of nitrogens with zero attached hydrogens (tertiary/aromatic N) is 3. The Kier molecular flexibility index (Phi) is 4.40. The summed E-state index contributed by atoms with van der Waals surface area (Å²) in [6.07, 6.45) is 2.52. The molecular weight excluding hydrogens is 262 g/mol. The molecule has 2 heterocycles. The molecule has 0 bridgehead atoms. The first-order chi connectivity index (χ1) is 9.19. The molecule has 0 atom stereocenters. The Hall–Kier alpha value is -2.02. The number of hydrogen-bond donors (Lipinski definition) is 2. The van der Waals surface area contributed by atoms with Crippen LogP contribution in [-0.2, 0) is 0 Å². The van der Waals surface area contributed by atoms with Crippen molar-refractivity contribution in [1.82, 2.24) is 14.6 Å². The summed E-state index contributed by atoms with van der Waals surface area (Å²) in [6.45, 7) is 4.77. The lowest BCUT2D eigenvalue weighted by Crippen LogP contribution is -2.13. The Morgan fingerprint density at radius 2 is 2.26 bits per heavy atom. The molecule has 100 valence electrons. The highest BCUT2D eigenvalue weighted by atomic mass is 32.1. The molecule has 0 aliphatic rings. The van der Waals surface area contributed by atoms with Gasteiger partial charge in [0, 0.05) is 29.3 Å². The Bertz CT molecular complexity index is 555. The zero-order valence-corrected chi connectivity index (χ0v) is 11.6. The molecule has 19 heavy (non-hydrogen) atoms. The summed E-state index contributed by atoms with van der Waals surface area (Å²) >= 11 is 1.14. The fraction of sp³-hybridized carbons (Fsp3) is 0.333. The van der Waals surface area contributed by atoms with E-state index in [1.807, 2.05) is 6.92 Å². The number of carbonyl (C=O) groups excluding carboxylic acids is 1. The zero-order chi connectivity index (χ0) is 13.7. The van der Waals surface area contributed by atoms with Gasteiger partial charge in [0.25, 0.3) is 5.91 Å². The molecule has 2 N–H and O–H groups in total. The van der Waals surface area contributed by atoms with E-state index < -0.39 is 0 Å². The third-order valence-electron chi connectivity index (χ3n) is 2.37. The van der Waals surface area contributed by atoms with Gasteiger partial charge in [0.15, 0.2) is 0 Å². The van der Waals surface area contributed by atoms with Crippen molar-refractivity contribution in [1.29, 1.82) is 0 Å². The molecule has 0 saturated carbocycles. The van der Waals surface area contributed by atoms with E-state index in [4.69, 9.17) is 0 Å². The van der Waals surface area contributed by atoms with Gasteiger partial charge in [-0.15, -0.1) is 5.10 Å². The summed E-state index contributed by atoms with van der Waals surface area (Å²) in [5, 5.41) is 10.2. The SMILES string of the molecule is CCCNc1cc(C(=O)Nc2cnns2)cc(C)n1.